The summed E-state index contributed by atoms with van der Waals surface area (Å²) in [7, 11) is 9.87. The van der Waals surface area contributed by atoms with E-state index in [2.05, 4.69) is 21.3 Å². The molecule has 1 fully saturated rings. The molecule has 0 radical (unpaired) electrons. The molecule has 0 aromatic rings. The molecular formula is C61H109N11O12. The van der Waals surface area contributed by atoms with Crippen LogP contribution in [0.25, 0.3) is 0 Å². The molecule has 0 aromatic heterocycles. The van der Waals surface area contributed by atoms with E-state index in [1.165, 1.54) is 94.6 Å². The van der Waals surface area contributed by atoms with Crippen LogP contribution in [0.4, 0.5) is 0 Å². The molecule has 0 saturated carbocycles. The molecule has 23 heteroatoms. The minimum absolute atomic E-state index is 0.129. The Labute approximate surface area is 502 Å². The van der Waals surface area contributed by atoms with Gasteiger partial charge >= 0.3 is 0 Å². The third-order valence-electron chi connectivity index (χ3n) is 15.8. The van der Waals surface area contributed by atoms with Crippen molar-refractivity contribution in [1.82, 2.24) is 55.6 Å². The van der Waals surface area contributed by atoms with Crippen molar-refractivity contribution >= 4 is 65.0 Å². The lowest BCUT2D eigenvalue weighted by Gasteiger charge is -2.41. The predicted octanol–water partition coefficient (Wildman–Crippen LogP) is 2.88. The molecule has 23 nitrogen and oxygen atoms in total. The van der Waals surface area contributed by atoms with E-state index in [4.69, 9.17) is 0 Å². The second-order valence-corrected chi connectivity index (χ2v) is 25.9. The third kappa shape index (κ3) is 21.1. The van der Waals surface area contributed by atoms with Crippen molar-refractivity contribution in [2.75, 3.05) is 55.9 Å². The molecule has 0 bridgehead atoms. The van der Waals surface area contributed by atoms with Gasteiger partial charge in [-0.3, -0.25) is 52.7 Å². The molecule has 1 aliphatic rings. The van der Waals surface area contributed by atoms with E-state index in [1.807, 2.05) is 55.4 Å². The summed E-state index contributed by atoms with van der Waals surface area (Å²) in [6.45, 7) is 29.0. The minimum Gasteiger partial charge on any atom is -0.390 e. The lowest BCUT2D eigenvalue weighted by molar-refractivity contribution is -0.157. The van der Waals surface area contributed by atoms with E-state index >= 15 is 9.59 Å². The number of carbonyl (C=O) groups excluding carboxylic acids is 11. The van der Waals surface area contributed by atoms with Gasteiger partial charge in [-0.05, 0) is 101 Å². The standard InChI is InChI=1S/C61H109N11O12/c1-25-26-27-39(14)51(74)50-55(78)64-41(16)56(79)66(18)32-47(73)67(19)43(28-33(2)3)54(77)65-48(37(10)11)60(83)68(20)44(29-34(4)5)53(76)62-40(15)52(75)63-42(17)57(80)69(21)45(30-35(6)7)58(81)70(22)46(31-36(8)9)59(82)71(23)49(38(12)13)61(84)72(50)24/h25-26,33-46,48-51,74H,27-32H2,1-24H3,(H,62,76)(H,63,75)(H,64,78)(H,65,77)/b26-25+/t39-,40+,41+,42+,43+,44+,45+,46+,48+,49+,50+,51-/m1/s1. The first-order valence-corrected chi connectivity index (χ1v) is 30.0. The zero-order valence-corrected chi connectivity index (χ0v) is 55.4. The fourth-order valence-corrected chi connectivity index (χ4v) is 10.5. The highest BCUT2D eigenvalue weighted by Crippen LogP contribution is 2.25. The summed E-state index contributed by atoms with van der Waals surface area (Å²) in [6, 6.07) is -12.4. The quantitative estimate of drug-likeness (QED) is 0.157. The highest BCUT2D eigenvalue weighted by atomic mass is 16.3. The molecule has 1 rings (SSSR count). The Kier molecular flexibility index (Phi) is 30.8. The Bertz CT molecular complexity index is 2310. The SMILES string of the molecule is C/C=C/C[C@@H](C)[C@@H](O)[C@H]1C(=O)N[C@@H](C)C(=O)N(C)CC(=O)N(C)[C@@H](CC(C)C)C(=O)N[C@@H](C(C)C)C(=O)N(C)[C@@H](CC(C)C)C(=O)N[C@@H](C)C(=O)N[C@@H](C)C(=O)N(C)[C@@H](CC(C)C)C(=O)N(C)[C@@H](CC(C)C)C(=O)N(C)[C@@H](C(C)C)C(=O)N1C. The molecule has 0 aromatic carbocycles. The van der Waals surface area contributed by atoms with E-state index in [0.29, 0.717) is 6.42 Å². The maximum Gasteiger partial charge on any atom is 0.246 e. The lowest BCUT2D eigenvalue weighted by Crippen LogP contribution is -2.63. The Morgan fingerprint density at radius 3 is 1.26 bits per heavy atom. The lowest BCUT2D eigenvalue weighted by atomic mass is 9.91. The molecule has 5 N–H and O–H groups in total. The molecule has 1 heterocycles. The van der Waals surface area contributed by atoms with Crippen LogP contribution in [-0.4, -0.2) is 227 Å². The van der Waals surface area contributed by atoms with E-state index in [9.17, 15) is 48.3 Å². The molecule has 84 heavy (non-hydrogen) atoms. The van der Waals surface area contributed by atoms with Crippen LogP contribution in [-0.2, 0) is 52.7 Å². The fraction of sp³-hybridized carbons (Fsp3) is 0.787. The van der Waals surface area contributed by atoms with Gasteiger partial charge in [-0.15, -0.1) is 0 Å². The number of nitrogens with one attached hydrogen (secondary N) is 4. The number of rotatable bonds is 14. The number of carbonyl (C=O) groups is 11. The summed E-state index contributed by atoms with van der Waals surface area (Å²) >= 11 is 0. The Morgan fingerprint density at radius 2 is 0.810 bits per heavy atom. The number of hydrogen-bond acceptors (Lipinski definition) is 12. The second kappa shape index (κ2) is 34.1. The van der Waals surface area contributed by atoms with Crippen LogP contribution in [0.1, 0.15) is 150 Å². The molecule has 11 amide bonds. The normalized spacial score (nSPS) is 27.1. The van der Waals surface area contributed by atoms with Gasteiger partial charge in [0.2, 0.25) is 65.0 Å². The second-order valence-electron chi connectivity index (χ2n) is 25.9. The number of nitrogens with zero attached hydrogens (tertiary/aromatic N) is 7. The third-order valence-corrected chi connectivity index (χ3v) is 15.8. The van der Waals surface area contributed by atoms with Crippen molar-refractivity contribution in [3.05, 3.63) is 12.2 Å². The summed E-state index contributed by atoms with van der Waals surface area (Å²) in [4.78, 5) is 168. The molecule has 0 aliphatic carbocycles. The van der Waals surface area contributed by atoms with Gasteiger partial charge in [0.05, 0.1) is 12.6 Å². The van der Waals surface area contributed by atoms with Crippen molar-refractivity contribution in [1.29, 1.82) is 0 Å². The number of aliphatic hydroxyl groups excluding tert-OH is 1. The topological polar surface area (TPSA) is 279 Å². The van der Waals surface area contributed by atoms with Gasteiger partial charge in [0, 0.05) is 49.3 Å². The van der Waals surface area contributed by atoms with E-state index in [0.717, 1.165) is 9.80 Å². The van der Waals surface area contributed by atoms with Crippen LogP contribution in [0, 0.1) is 41.4 Å². The molecule has 1 aliphatic heterocycles. The Morgan fingerprint density at radius 1 is 0.429 bits per heavy atom. The number of aliphatic hydroxyl groups is 1. The predicted molar refractivity (Wildman–Crippen MR) is 324 cm³/mol. The maximum atomic E-state index is 15.1. The van der Waals surface area contributed by atoms with E-state index in [1.54, 1.807) is 53.7 Å². The van der Waals surface area contributed by atoms with Crippen molar-refractivity contribution in [3.63, 3.8) is 0 Å². The smallest absolute Gasteiger partial charge is 0.246 e. The zero-order chi connectivity index (χ0) is 65.3. The van der Waals surface area contributed by atoms with Gasteiger partial charge < -0.3 is 60.7 Å². The van der Waals surface area contributed by atoms with E-state index < -0.39 is 156 Å². The maximum absolute atomic E-state index is 15.1. The molecule has 12 atom stereocenters. The van der Waals surface area contributed by atoms with Crippen molar-refractivity contribution in [3.8, 4) is 0 Å². The van der Waals surface area contributed by atoms with Gasteiger partial charge in [0.1, 0.15) is 60.4 Å². The molecule has 0 spiro atoms. The van der Waals surface area contributed by atoms with Gasteiger partial charge in [-0.25, -0.2) is 0 Å². The summed E-state index contributed by atoms with van der Waals surface area (Å²) < 4.78 is 0. The summed E-state index contributed by atoms with van der Waals surface area (Å²) in [5.41, 5.74) is 0. The van der Waals surface area contributed by atoms with Crippen LogP contribution < -0.4 is 21.3 Å². The van der Waals surface area contributed by atoms with Crippen molar-refractivity contribution < 1.29 is 57.8 Å². The van der Waals surface area contributed by atoms with Gasteiger partial charge in [0.25, 0.3) is 0 Å². The molecule has 1 saturated heterocycles. The first-order chi connectivity index (χ1) is 38.7. The summed E-state index contributed by atoms with van der Waals surface area (Å²) in [5, 5.41) is 22.9. The largest absolute Gasteiger partial charge is 0.390 e. The first kappa shape index (κ1) is 75.9. The van der Waals surface area contributed by atoms with Crippen molar-refractivity contribution in [2.24, 2.45) is 41.4 Å². The van der Waals surface area contributed by atoms with Crippen LogP contribution in [0.3, 0.4) is 0 Å². The van der Waals surface area contributed by atoms with Gasteiger partial charge in [-0.1, -0.05) is 102 Å². The van der Waals surface area contributed by atoms with Crippen LogP contribution >= 0.6 is 0 Å². The molecule has 0 unspecified atom stereocenters. The Balaban J connectivity index is 4.28. The van der Waals surface area contributed by atoms with Crippen molar-refractivity contribution in [2.45, 2.75) is 216 Å². The van der Waals surface area contributed by atoms with Gasteiger partial charge in [-0.2, -0.15) is 0 Å². The molecular weight excluding hydrogens is 1080 g/mol. The van der Waals surface area contributed by atoms with E-state index in [-0.39, 0.29) is 49.4 Å². The number of likely N-dealkylation sites (N-methyl/N-ethyl adjacent to an activating group) is 7. The average molecular weight is 1190 g/mol. The van der Waals surface area contributed by atoms with Crippen LogP contribution in [0.5, 0.6) is 0 Å². The monoisotopic (exact) mass is 1190 g/mol. The zero-order valence-electron chi connectivity index (χ0n) is 55.4. The highest BCUT2D eigenvalue weighted by Gasteiger charge is 2.45. The summed E-state index contributed by atoms with van der Waals surface area (Å²) in [6.07, 6.45) is 3.00. The summed E-state index contributed by atoms with van der Waals surface area (Å²) in [5.74, 6) is -9.78. The minimum atomic E-state index is -1.61. The molecule has 480 valence electrons. The number of hydrogen-bond donors (Lipinski definition) is 5. The number of amides is 11. The highest BCUT2D eigenvalue weighted by molar-refractivity contribution is 5.99. The Hall–Kier alpha value is -6.13. The van der Waals surface area contributed by atoms with Crippen LogP contribution in [0.15, 0.2) is 12.2 Å². The first-order valence-electron chi connectivity index (χ1n) is 30.0. The number of allylic oxidation sites excluding steroid dienone is 2. The fourth-order valence-electron chi connectivity index (χ4n) is 10.5. The average Bonchev–Trinajstić information content (AvgIpc) is 2.58. The van der Waals surface area contributed by atoms with Gasteiger partial charge in [0.15, 0.2) is 0 Å². The van der Waals surface area contributed by atoms with Crippen LogP contribution in [0.2, 0.25) is 0 Å².